The first kappa shape index (κ1) is 14.3. The lowest BCUT2D eigenvalue weighted by atomic mass is 10.0. The normalized spacial score (nSPS) is 19.7. The maximum absolute atomic E-state index is 14.4. The Bertz CT molecular complexity index is 442. The van der Waals surface area contributed by atoms with Crippen LogP contribution in [0.2, 0.25) is 0 Å². The van der Waals surface area contributed by atoms with E-state index in [9.17, 15) is 4.39 Å². The van der Waals surface area contributed by atoms with Crippen molar-refractivity contribution in [2.75, 3.05) is 18.0 Å². The molecule has 1 atom stereocenters. The van der Waals surface area contributed by atoms with Gasteiger partial charge in [-0.15, -0.1) is 0 Å². The fraction of sp³-hybridized carbons (Fsp3) is 0.625. The van der Waals surface area contributed by atoms with Gasteiger partial charge in [0, 0.05) is 18.1 Å². The molecule has 1 aromatic carbocycles. The highest BCUT2D eigenvalue weighted by Crippen LogP contribution is 2.35. The monoisotopic (exact) mass is 264 g/mol. The Kier molecular flexibility index (Phi) is 4.14. The van der Waals surface area contributed by atoms with Crippen LogP contribution in [-0.4, -0.2) is 18.6 Å². The summed E-state index contributed by atoms with van der Waals surface area (Å²) in [6.07, 6.45) is 2.27. The maximum atomic E-state index is 14.4. The Balaban J connectivity index is 2.25. The molecule has 1 aromatic rings. The van der Waals surface area contributed by atoms with Crippen molar-refractivity contribution in [2.24, 2.45) is 0 Å². The third kappa shape index (κ3) is 2.92. The molecule has 1 aliphatic heterocycles. The van der Waals surface area contributed by atoms with Crippen LogP contribution in [-0.2, 0) is 0 Å². The molecule has 1 saturated heterocycles. The predicted octanol–water partition coefficient (Wildman–Crippen LogP) is 3.88. The lowest BCUT2D eigenvalue weighted by Gasteiger charge is -2.34. The molecule has 1 heterocycles. The van der Waals surface area contributed by atoms with Crippen molar-refractivity contribution >= 4 is 5.69 Å². The van der Waals surface area contributed by atoms with E-state index in [4.69, 9.17) is 0 Å². The summed E-state index contributed by atoms with van der Waals surface area (Å²) in [6, 6.07) is 5.85. The van der Waals surface area contributed by atoms with E-state index >= 15 is 0 Å². The minimum atomic E-state index is -0.0998. The quantitative estimate of drug-likeness (QED) is 0.888. The third-order valence-electron chi connectivity index (χ3n) is 4.17. The van der Waals surface area contributed by atoms with Gasteiger partial charge in [0.25, 0.3) is 0 Å². The lowest BCUT2D eigenvalue weighted by Crippen LogP contribution is -2.38. The molecule has 1 unspecified atom stereocenters. The standard InChI is InChI=1S/C16H25FN2/c1-5-18-12(2)13-7-8-15(14(17)11-13)19-10-6-9-16(19,3)4/h7-8,11-12,18H,5-6,9-10H2,1-4H3. The summed E-state index contributed by atoms with van der Waals surface area (Å²) < 4.78 is 14.4. The molecule has 1 aliphatic rings. The molecule has 0 aromatic heterocycles. The second kappa shape index (κ2) is 5.49. The Morgan fingerprint density at radius 1 is 1.42 bits per heavy atom. The zero-order valence-electron chi connectivity index (χ0n) is 12.5. The summed E-state index contributed by atoms with van der Waals surface area (Å²) in [4.78, 5) is 2.20. The molecule has 0 bridgehead atoms. The first-order valence-electron chi connectivity index (χ1n) is 7.26. The van der Waals surface area contributed by atoms with Gasteiger partial charge in [-0.25, -0.2) is 4.39 Å². The van der Waals surface area contributed by atoms with Gasteiger partial charge >= 0.3 is 0 Å². The number of nitrogens with one attached hydrogen (secondary N) is 1. The summed E-state index contributed by atoms with van der Waals surface area (Å²) in [5.41, 5.74) is 1.82. The van der Waals surface area contributed by atoms with E-state index in [0.29, 0.717) is 0 Å². The van der Waals surface area contributed by atoms with Gasteiger partial charge in [0.05, 0.1) is 5.69 Å². The Labute approximate surface area is 116 Å². The second-order valence-corrected chi connectivity index (χ2v) is 6.06. The van der Waals surface area contributed by atoms with Gasteiger partial charge in [0.15, 0.2) is 0 Å². The summed E-state index contributed by atoms with van der Waals surface area (Å²) in [5.74, 6) is -0.0998. The molecule has 0 saturated carbocycles. The number of halogens is 1. The van der Waals surface area contributed by atoms with Crippen molar-refractivity contribution in [3.8, 4) is 0 Å². The average Bonchev–Trinajstić information content (AvgIpc) is 2.69. The highest BCUT2D eigenvalue weighted by atomic mass is 19.1. The van der Waals surface area contributed by atoms with Gasteiger partial charge in [-0.05, 0) is 57.9 Å². The fourth-order valence-electron chi connectivity index (χ4n) is 2.99. The minimum absolute atomic E-state index is 0.0651. The van der Waals surface area contributed by atoms with Crippen LogP contribution in [0.4, 0.5) is 10.1 Å². The van der Waals surface area contributed by atoms with E-state index < -0.39 is 0 Å². The first-order valence-corrected chi connectivity index (χ1v) is 7.26. The molecule has 0 amide bonds. The summed E-state index contributed by atoms with van der Waals surface area (Å²) in [5, 5.41) is 3.31. The Morgan fingerprint density at radius 3 is 2.68 bits per heavy atom. The van der Waals surface area contributed by atoms with Crippen LogP contribution in [0.5, 0.6) is 0 Å². The van der Waals surface area contributed by atoms with E-state index in [2.05, 4.69) is 37.9 Å². The highest BCUT2D eigenvalue weighted by Gasteiger charge is 2.33. The number of hydrogen-bond donors (Lipinski definition) is 1. The van der Waals surface area contributed by atoms with Crippen LogP contribution >= 0.6 is 0 Å². The van der Waals surface area contributed by atoms with Gasteiger partial charge in [-0.1, -0.05) is 13.0 Å². The molecular formula is C16H25FN2. The molecule has 0 spiro atoms. The average molecular weight is 264 g/mol. The lowest BCUT2D eigenvalue weighted by molar-refractivity contribution is 0.505. The Hall–Kier alpha value is -1.09. The van der Waals surface area contributed by atoms with Crippen molar-refractivity contribution in [3.63, 3.8) is 0 Å². The number of hydrogen-bond acceptors (Lipinski definition) is 2. The van der Waals surface area contributed by atoms with Gasteiger partial charge < -0.3 is 10.2 Å². The molecule has 0 radical (unpaired) electrons. The van der Waals surface area contributed by atoms with Gasteiger partial charge in [-0.3, -0.25) is 0 Å². The van der Waals surface area contributed by atoms with Gasteiger partial charge in [0.1, 0.15) is 5.82 Å². The van der Waals surface area contributed by atoms with E-state index in [1.54, 1.807) is 6.07 Å². The molecule has 106 valence electrons. The van der Waals surface area contributed by atoms with Crippen molar-refractivity contribution in [3.05, 3.63) is 29.6 Å². The fourth-order valence-corrected chi connectivity index (χ4v) is 2.99. The molecule has 19 heavy (non-hydrogen) atoms. The number of anilines is 1. The van der Waals surface area contributed by atoms with E-state index in [0.717, 1.165) is 37.2 Å². The second-order valence-electron chi connectivity index (χ2n) is 6.06. The van der Waals surface area contributed by atoms with Gasteiger partial charge in [-0.2, -0.15) is 0 Å². The molecule has 2 nitrogen and oxygen atoms in total. The topological polar surface area (TPSA) is 15.3 Å². The summed E-state index contributed by atoms with van der Waals surface area (Å²) in [6.45, 7) is 10.4. The van der Waals surface area contributed by atoms with Crippen LogP contribution in [0.25, 0.3) is 0 Å². The van der Waals surface area contributed by atoms with Crippen molar-refractivity contribution in [1.82, 2.24) is 5.32 Å². The van der Waals surface area contributed by atoms with Gasteiger partial charge in [0.2, 0.25) is 0 Å². The van der Waals surface area contributed by atoms with Crippen molar-refractivity contribution in [1.29, 1.82) is 0 Å². The summed E-state index contributed by atoms with van der Waals surface area (Å²) in [7, 11) is 0. The maximum Gasteiger partial charge on any atom is 0.146 e. The zero-order chi connectivity index (χ0) is 14.0. The van der Waals surface area contributed by atoms with Crippen LogP contribution in [0, 0.1) is 5.82 Å². The van der Waals surface area contributed by atoms with Crippen molar-refractivity contribution in [2.45, 2.75) is 52.1 Å². The molecule has 1 fully saturated rings. The van der Waals surface area contributed by atoms with E-state index in [1.165, 1.54) is 0 Å². The number of nitrogens with zero attached hydrogens (tertiary/aromatic N) is 1. The third-order valence-corrected chi connectivity index (χ3v) is 4.17. The van der Waals surface area contributed by atoms with Crippen LogP contribution in [0.1, 0.15) is 52.1 Å². The Morgan fingerprint density at radius 2 is 2.16 bits per heavy atom. The molecule has 2 rings (SSSR count). The van der Waals surface area contributed by atoms with E-state index in [-0.39, 0.29) is 17.4 Å². The van der Waals surface area contributed by atoms with Crippen LogP contribution in [0.15, 0.2) is 18.2 Å². The smallest absolute Gasteiger partial charge is 0.146 e. The molecule has 1 N–H and O–H groups in total. The largest absolute Gasteiger partial charge is 0.364 e. The summed E-state index contributed by atoms with van der Waals surface area (Å²) >= 11 is 0. The molecule has 0 aliphatic carbocycles. The molecule has 3 heteroatoms. The predicted molar refractivity (Wildman–Crippen MR) is 79.2 cm³/mol. The number of rotatable bonds is 4. The minimum Gasteiger partial charge on any atom is -0.364 e. The van der Waals surface area contributed by atoms with Crippen LogP contribution < -0.4 is 10.2 Å². The van der Waals surface area contributed by atoms with Crippen molar-refractivity contribution < 1.29 is 4.39 Å². The highest BCUT2D eigenvalue weighted by molar-refractivity contribution is 5.52. The number of benzene rings is 1. The molecular weight excluding hydrogens is 239 g/mol. The zero-order valence-corrected chi connectivity index (χ0v) is 12.5. The SMILES string of the molecule is CCNC(C)c1ccc(N2CCCC2(C)C)c(F)c1. The van der Waals surface area contributed by atoms with E-state index in [1.807, 2.05) is 12.1 Å². The van der Waals surface area contributed by atoms with Crippen LogP contribution in [0.3, 0.4) is 0 Å². The first-order chi connectivity index (χ1) is 8.95.